The fourth-order valence-corrected chi connectivity index (χ4v) is 1.62. The highest BCUT2D eigenvalue weighted by Crippen LogP contribution is 2.49. The van der Waals surface area contributed by atoms with Gasteiger partial charge in [-0.25, -0.2) is 4.39 Å². The summed E-state index contributed by atoms with van der Waals surface area (Å²) in [7, 11) is 0. The number of aliphatic carboxylic acids is 1. The minimum Gasteiger partial charge on any atom is -0.481 e. The summed E-state index contributed by atoms with van der Waals surface area (Å²) in [5.74, 6) is -3.65. The standard InChI is InChI=1S/C7H8F4O2/c8-6(7(9,10)11)3-1-2-4(6)5(12)13/h4H,1-3H2,(H,12,13). The molecule has 2 atom stereocenters. The lowest BCUT2D eigenvalue weighted by molar-refractivity contribution is -0.243. The molecule has 0 bridgehead atoms. The molecule has 1 rings (SSSR count). The van der Waals surface area contributed by atoms with Crippen LogP contribution in [-0.4, -0.2) is 22.9 Å². The maximum atomic E-state index is 13.2. The summed E-state index contributed by atoms with van der Waals surface area (Å²) < 4.78 is 49.6. The topological polar surface area (TPSA) is 37.3 Å². The SMILES string of the molecule is O=C(O)C1CCCC1(F)C(F)(F)F. The molecule has 1 aliphatic carbocycles. The van der Waals surface area contributed by atoms with E-state index in [9.17, 15) is 22.4 Å². The summed E-state index contributed by atoms with van der Waals surface area (Å²) in [4.78, 5) is 10.3. The number of carboxylic acids is 1. The van der Waals surface area contributed by atoms with E-state index in [1.807, 2.05) is 0 Å². The molecule has 1 fully saturated rings. The predicted octanol–water partition coefficient (Wildman–Crippen LogP) is 2.14. The van der Waals surface area contributed by atoms with E-state index >= 15 is 0 Å². The Bertz CT molecular complexity index is 225. The fourth-order valence-electron chi connectivity index (χ4n) is 1.62. The van der Waals surface area contributed by atoms with Crippen LogP contribution in [0, 0.1) is 5.92 Å². The number of halogens is 4. The van der Waals surface area contributed by atoms with Crippen molar-refractivity contribution in [1.82, 2.24) is 0 Å². The van der Waals surface area contributed by atoms with E-state index in [1.54, 1.807) is 0 Å². The van der Waals surface area contributed by atoms with E-state index in [1.165, 1.54) is 0 Å². The van der Waals surface area contributed by atoms with Crippen molar-refractivity contribution in [3.8, 4) is 0 Å². The third-order valence-corrected chi connectivity index (χ3v) is 2.36. The molecule has 1 N–H and O–H groups in total. The molecule has 13 heavy (non-hydrogen) atoms. The molecule has 76 valence electrons. The van der Waals surface area contributed by atoms with Gasteiger partial charge >= 0.3 is 12.1 Å². The molecule has 0 spiro atoms. The lowest BCUT2D eigenvalue weighted by Gasteiger charge is -2.26. The summed E-state index contributed by atoms with van der Waals surface area (Å²) in [6.07, 6.45) is -6.10. The summed E-state index contributed by atoms with van der Waals surface area (Å²) in [6, 6.07) is 0. The maximum Gasteiger partial charge on any atom is 0.423 e. The Kier molecular flexibility index (Phi) is 2.25. The molecule has 2 nitrogen and oxygen atoms in total. The van der Waals surface area contributed by atoms with Gasteiger partial charge in [-0.1, -0.05) is 0 Å². The van der Waals surface area contributed by atoms with Gasteiger partial charge in [0.25, 0.3) is 0 Å². The Morgan fingerprint density at radius 3 is 2.31 bits per heavy atom. The highest BCUT2D eigenvalue weighted by Gasteiger charge is 2.64. The van der Waals surface area contributed by atoms with E-state index in [4.69, 9.17) is 5.11 Å². The number of rotatable bonds is 1. The van der Waals surface area contributed by atoms with Crippen LogP contribution in [0.5, 0.6) is 0 Å². The summed E-state index contributed by atoms with van der Waals surface area (Å²) >= 11 is 0. The van der Waals surface area contributed by atoms with Crippen molar-refractivity contribution in [2.24, 2.45) is 5.92 Å². The second-order valence-electron chi connectivity index (χ2n) is 3.14. The van der Waals surface area contributed by atoms with Crippen molar-refractivity contribution in [2.75, 3.05) is 0 Å². The van der Waals surface area contributed by atoms with E-state index in [2.05, 4.69) is 0 Å². The first-order valence-corrected chi connectivity index (χ1v) is 3.77. The molecule has 0 aromatic carbocycles. The van der Waals surface area contributed by atoms with Crippen molar-refractivity contribution in [3.05, 3.63) is 0 Å². The normalized spacial score (nSPS) is 34.9. The highest BCUT2D eigenvalue weighted by molar-refractivity contribution is 5.72. The first-order valence-electron chi connectivity index (χ1n) is 3.77. The molecule has 0 radical (unpaired) electrons. The molecule has 0 aromatic heterocycles. The lowest BCUT2D eigenvalue weighted by atomic mass is 9.92. The van der Waals surface area contributed by atoms with Gasteiger partial charge in [-0.3, -0.25) is 4.79 Å². The average Bonchev–Trinajstić information content (AvgIpc) is 2.30. The van der Waals surface area contributed by atoms with Gasteiger partial charge in [0.2, 0.25) is 5.67 Å². The van der Waals surface area contributed by atoms with Crippen LogP contribution in [0.2, 0.25) is 0 Å². The first kappa shape index (κ1) is 10.3. The van der Waals surface area contributed by atoms with Gasteiger partial charge in [0.05, 0.1) is 5.92 Å². The zero-order valence-electron chi connectivity index (χ0n) is 6.57. The molecule has 0 aliphatic heterocycles. The minimum absolute atomic E-state index is 0.0347. The average molecular weight is 200 g/mol. The third kappa shape index (κ3) is 1.49. The van der Waals surface area contributed by atoms with Crippen LogP contribution in [0.1, 0.15) is 19.3 Å². The van der Waals surface area contributed by atoms with Crippen molar-refractivity contribution in [1.29, 1.82) is 0 Å². The summed E-state index contributed by atoms with van der Waals surface area (Å²) in [6.45, 7) is 0. The molecule has 0 amide bonds. The quantitative estimate of drug-likeness (QED) is 0.658. The lowest BCUT2D eigenvalue weighted by Crippen LogP contribution is -2.46. The van der Waals surface area contributed by atoms with Gasteiger partial charge in [-0.05, 0) is 19.3 Å². The van der Waals surface area contributed by atoms with Gasteiger partial charge in [0.1, 0.15) is 0 Å². The van der Waals surface area contributed by atoms with Gasteiger partial charge in [0.15, 0.2) is 0 Å². The summed E-state index contributed by atoms with van der Waals surface area (Å²) in [5.41, 5.74) is -3.53. The highest BCUT2D eigenvalue weighted by atomic mass is 19.4. The van der Waals surface area contributed by atoms with Crippen LogP contribution in [0.4, 0.5) is 17.6 Å². The van der Waals surface area contributed by atoms with Crippen LogP contribution in [-0.2, 0) is 4.79 Å². The maximum absolute atomic E-state index is 13.2. The van der Waals surface area contributed by atoms with Crippen molar-refractivity contribution in [3.63, 3.8) is 0 Å². The zero-order chi connectivity index (χ0) is 10.3. The first-order chi connectivity index (χ1) is 5.79. The fraction of sp³-hybridized carbons (Fsp3) is 0.857. The second kappa shape index (κ2) is 2.85. The Balaban J connectivity index is 2.95. The van der Waals surface area contributed by atoms with Crippen molar-refractivity contribution in [2.45, 2.75) is 31.1 Å². The van der Waals surface area contributed by atoms with Crippen LogP contribution >= 0.6 is 0 Å². The van der Waals surface area contributed by atoms with Gasteiger partial charge < -0.3 is 5.11 Å². The Morgan fingerprint density at radius 2 is 2.00 bits per heavy atom. The molecule has 1 saturated carbocycles. The van der Waals surface area contributed by atoms with E-state index in [-0.39, 0.29) is 12.8 Å². The van der Waals surface area contributed by atoms with E-state index in [0.717, 1.165) is 0 Å². The number of alkyl halides is 4. The van der Waals surface area contributed by atoms with Crippen molar-refractivity contribution >= 4 is 5.97 Å². The molecule has 2 unspecified atom stereocenters. The minimum atomic E-state index is -5.08. The van der Waals surface area contributed by atoms with Crippen LogP contribution < -0.4 is 0 Å². The van der Waals surface area contributed by atoms with Crippen molar-refractivity contribution < 1.29 is 27.5 Å². The number of hydrogen-bond acceptors (Lipinski definition) is 1. The van der Waals surface area contributed by atoms with E-state index in [0.29, 0.717) is 0 Å². The second-order valence-corrected chi connectivity index (χ2v) is 3.14. The molecular weight excluding hydrogens is 192 g/mol. The molecular formula is C7H8F4O2. The van der Waals surface area contributed by atoms with Gasteiger partial charge in [-0.15, -0.1) is 0 Å². The van der Waals surface area contributed by atoms with Gasteiger partial charge in [-0.2, -0.15) is 13.2 Å². The van der Waals surface area contributed by atoms with Crippen LogP contribution in [0.25, 0.3) is 0 Å². The number of carboxylic acid groups (broad SMARTS) is 1. The predicted molar refractivity (Wildman–Crippen MR) is 34.9 cm³/mol. The monoisotopic (exact) mass is 200 g/mol. The largest absolute Gasteiger partial charge is 0.481 e. The van der Waals surface area contributed by atoms with E-state index < -0.39 is 30.2 Å². The Hall–Kier alpha value is -0.810. The Morgan fingerprint density at radius 1 is 1.46 bits per heavy atom. The van der Waals surface area contributed by atoms with Gasteiger partial charge in [0, 0.05) is 0 Å². The molecule has 1 aliphatic rings. The summed E-state index contributed by atoms with van der Waals surface area (Å²) in [5, 5.41) is 8.37. The third-order valence-electron chi connectivity index (χ3n) is 2.36. The number of carbonyl (C=O) groups is 1. The molecule has 6 heteroatoms. The smallest absolute Gasteiger partial charge is 0.423 e. The zero-order valence-corrected chi connectivity index (χ0v) is 6.57. The van der Waals surface area contributed by atoms with Crippen LogP contribution in [0.3, 0.4) is 0 Å². The molecule has 0 saturated heterocycles. The number of hydrogen-bond donors (Lipinski definition) is 1. The Labute approximate surface area is 71.5 Å². The molecule has 0 aromatic rings. The van der Waals surface area contributed by atoms with Crippen LogP contribution in [0.15, 0.2) is 0 Å². The molecule has 0 heterocycles.